The van der Waals surface area contributed by atoms with Crippen LogP contribution in [0.3, 0.4) is 0 Å². The van der Waals surface area contributed by atoms with E-state index < -0.39 is 29.7 Å². The van der Waals surface area contributed by atoms with Gasteiger partial charge >= 0.3 is 6.09 Å². The smallest absolute Gasteiger partial charge is 0.407 e. The van der Waals surface area contributed by atoms with Crippen LogP contribution in [0.15, 0.2) is 36.4 Å². The van der Waals surface area contributed by atoms with Crippen molar-refractivity contribution in [1.29, 1.82) is 0 Å². The number of nitrogens with one attached hydrogen (secondary N) is 2. The minimum Gasteiger partial charge on any atom is -0.444 e. The van der Waals surface area contributed by atoms with Crippen LogP contribution in [0.1, 0.15) is 95.5 Å². The summed E-state index contributed by atoms with van der Waals surface area (Å²) in [6, 6.07) is 10.3. The third kappa shape index (κ3) is 9.74. The highest BCUT2D eigenvalue weighted by Crippen LogP contribution is 2.34. The van der Waals surface area contributed by atoms with Gasteiger partial charge in [-0.2, -0.15) is 0 Å². The molecule has 2 N–H and O–H groups in total. The van der Waals surface area contributed by atoms with E-state index in [-0.39, 0.29) is 35.7 Å². The number of amides is 3. The van der Waals surface area contributed by atoms with Gasteiger partial charge in [-0.05, 0) is 100 Å². The number of nitrogens with zero attached hydrogens (tertiary/aromatic N) is 1. The molecule has 2 aromatic carbocycles. The number of hydrogen-bond donors (Lipinski definition) is 2. The van der Waals surface area contributed by atoms with Crippen molar-refractivity contribution in [3.8, 4) is 11.1 Å². The Morgan fingerprint density at radius 2 is 1.63 bits per heavy atom. The zero-order chi connectivity index (χ0) is 34.3. The lowest BCUT2D eigenvalue weighted by Crippen LogP contribution is -2.45. The van der Waals surface area contributed by atoms with E-state index in [9.17, 15) is 24.0 Å². The first kappa shape index (κ1) is 36.5. The molecule has 3 amide bonds. The lowest BCUT2D eigenvalue weighted by Gasteiger charge is -2.31. The average molecular weight is 634 g/mol. The lowest BCUT2D eigenvalue weighted by molar-refractivity contribution is -0.142. The van der Waals surface area contributed by atoms with Crippen molar-refractivity contribution in [2.24, 2.45) is 11.8 Å². The third-order valence-electron chi connectivity index (χ3n) is 8.57. The third-order valence-corrected chi connectivity index (χ3v) is 8.57. The number of carbonyl (C=O) groups is 5. The summed E-state index contributed by atoms with van der Waals surface area (Å²) in [4.78, 5) is 67.0. The first-order valence-electron chi connectivity index (χ1n) is 16.3. The fourth-order valence-corrected chi connectivity index (χ4v) is 5.84. The maximum atomic E-state index is 14.0. The van der Waals surface area contributed by atoms with E-state index in [0.29, 0.717) is 37.8 Å². The number of ketones is 2. The van der Waals surface area contributed by atoms with E-state index >= 15 is 0 Å². The van der Waals surface area contributed by atoms with Gasteiger partial charge in [-0.3, -0.25) is 19.2 Å². The molecule has 250 valence electrons. The van der Waals surface area contributed by atoms with Crippen LogP contribution in [0, 0.1) is 25.7 Å². The Kier molecular flexibility index (Phi) is 12.3. The zero-order valence-corrected chi connectivity index (χ0v) is 28.9. The van der Waals surface area contributed by atoms with Crippen LogP contribution < -0.4 is 10.6 Å². The van der Waals surface area contributed by atoms with Crippen molar-refractivity contribution in [3.63, 3.8) is 0 Å². The first-order valence-corrected chi connectivity index (χ1v) is 16.3. The molecular weight excluding hydrogens is 582 g/mol. The standard InChI is InChI=1S/C37H51N3O6/c1-22-13-15-27-19-29(22)30-21-28(16-14-23(30)2)33(32(42)18-25(4)34(43)39-31(20-27)26(5)41)40(9)35(44)24(3)12-10-11-17-38-36(45)46-37(6,7)8/h13-16,19,21,24-25,31,33H,10-12,17-18,20H2,1-9H3,(H,38,45)(H,39,43)/t24-,25+,31-,33-/m0/s1. The first-order chi connectivity index (χ1) is 21.5. The highest BCUT2D eigenvalue weighted by atomic mass is 16.6. The summed E-state index contributed by atoms with van der Waals surface area (Å²) < 4.78 is 5.27. The molecule has 0 saturated heterocycles. The number of unbranched alkanes of at least 4 members (excludes halogenated alkanes) is 1. The number of hydrogen-bond acceptors (Lipinski definition) is 6. The number of ether oxygens (including phenoxy) is 1. The summed E-state index contributed by atoms with van der Waals surface area (Å²) in [5, 5.41) is 5.61. The molecule has 1 aliphatic heterocycles. The molecule has 9 nitrogen and oxygen atoms in total. The Hall–Kier alpha value is -4.01. The molecule has 3 rings (SSSR count). The maximum Gasteiger partial charge on any atom is 0.407 e. The topological polar surface area (TPSA) is 122 Å². The fraction of sp³-hybridized carbons (Fsp3) is 0.541. The van der Waals surface area contributed by atoms with Gasteiger partial charge in [0.2, 0.25) is 11.8 Å². The fourth-order valence-electron chi connectivity index (χ4n) is 5.84. The number of alkyl carbamates (subject to hydrolysis) is 1. The van der Waals surface area contributed by atoms with Crippen molar-refractivity contribution in [1.82, 2.24) is 15.5 Å². The Morgan fingerprint density at radius 1 is 1.00 bits per heavy atom. The number of Topliss-reactive ketones (excluding diaryl/α,β-unsaturated/α-hetero) is 2. The van der Waals surface area contributed by atoms with E-state index in [1.807, 2.05) is 57.2 Å². The van der Waals surface area contributed by atoms with Crippen molar-refractivity contribution in [3.05, 3.63) is 58.7 Å². The molecule has 0 spiro atoms. The van der Waals surface area contributed by atoms with Gasteiger partial charge in [0.05, 0.1) is 6.04 Å². The molecule has 4 atom stereocenters. The molecule has 0 radical (unpaired) electrons. The van der Waals surface area contributed by atoms with Crippen molar-refractivity contribution < 1.29 is 28.7 Å². The average Bonchev–Trinajstić information content (AvgIpc) is 2.96. The predicted octanol–water partition coefficient (Wildman–Crippen LogP) is 6.03. The Balaban J connectivity index is 1.90. The quantitative estimate of drug-likeness (QED) is 0.343. The molecule has 0 unspecified atom stereocenters. The molecule has 0 aliphatic carbocycles. The maximum absolute atomic E-state index is 14.0. The van der Waals surface area contributed by atoms with Gasteiger partial charge in [0.1, 0.15) is 11.6 Å². The van der Waals surface area contributed by atoms with Crippen LogP contribution in [0.4, 0.5) is 4.79 Å². The molecule has 46 heavy (non-hydrogen) atoms. The summed E-state index contributed by atoms with van der Waals surface area (Å²) in [7, 11) is 1.65. The molecule has 1 heterocycles. The minimum atomic E-state index is -0.895. The second-order valence-electron chi connectivity index (χ2n) is 13.8. The molecule has 0 saturated carbocycles. The molecular formula is C37H51N3O6. The summed E-state index contributed by atoms with van der Waals surface area (Å²) >= 11 is 0. The van der Waals surface area contributed by atoms with Crippen molar-refractivity contribution in [2.45, 2.75) is 105 Å². The number of likely N-dealkylation sites (N-methyl/N-ethyl adjacent to an activating group) is 1. The van der Waals surface area contributed by atoms with Gasteiger partial charge in [-0.1, -0.05) is 50.6 Å². The largest absolute Gasteiger partial charge is 0.444 e. The van der Waals surface area contributed by atoms with Crippen molar-refractivity contribution in [2.75, 3.05) is 13.6 Å². The highest BCUT2D eigenvalue weighted by molar-refractivity contribution is 5.95. The van der Waals surface area contributed by atoms with E-state index in [2.05, 4.69) is 10.6 Å². The molecule has 1 aliphatic rings. The SMILES string of the molecule is CC(=O)[C@@H]1Cc2ccc(C)c(c2)-c2cc(ccc2C)[C@H](N(C)C(=O)[C@@H](C)CCCCNC(=O)OC(C)(C)C)C(=O)C[C@@H](C)C(=O)N1. The van der Waals surface area contributed by atoms with Gasteiger partial charge in [0, 0.05) is 31.8 Å². The number of benzene rings is 2. The minimum absolute atomic E-state index is 0.0863. The second kappa shape index (κ2) is 15.5. The normalized spacial score (nSPS) is 19.4. The molecule has 0 aromatic heterocycles. The number of aryl methyl sites for hydroxylation is 2. The summed E-state index contributed by atoms with van der Waals surface area (Å²) in [5.41, 5.74) is 5.03. The Labute approximate surface area is 273 Å². The van der Waals surface area contributed by atoms with Crippen LogP contribution >= 0.6 is 0 Å². The van der Waals surface area contributed by atoms with Gasteiger partial charge < -0.3 is 20.3 Å². The predicted molar refractivity (Wildman–Crippen MR) is 179 cm³/mol. The number of fused-ring (bicyclic) bond motifs is 5. The van der Waals surface area contributed by atoms with Gasteiger partial charge in [0.15, 0.2) is 11.6 Å². The highest BCUT2D eigenvalue weighted by Gasteiger charge is 2.34. The summed E-state index contributed by atoms with van der Waals surface area (Å²) in [6.45, 7) is 14.9. The van der Waals surface area contributed by atoms with E-state index in [4.69, 9.17) is 4.74 Å². The van der Waals surface area contributed by atoms with Gasteiger partial charge in [-0.25, -0.2) is 4.79 Å². The zero-order valence-electron chi connectivity index (χ0n) is 28.9. The van der Waals surface area contributed by atoms with Crippen LogP contribution in [0.5, 0.6) is 0 Å². The summed E-state index contributed by atoms with van der Waals surface area (Å²) in [5.74, 6) is -2.01. The van der Waals surface area contributed by atoms with Crippen LogP contribution in [-0.2, 0) is 30.3 Å². The Morgan fingerprint density at radius 3 is 2.26 bits per heavy atom. The van der Waals surface area contributed by atoms with E-state index in [0.717, 1.165) is 27.8 Å². The lowest BCUT2D eigenvalue weighted by atomic mass is 9.87. The second-order valence-corrected chi connectivity index (χ2v) is 13.8. The Bertz CT molecular complexity index is 1460. The molecule has 0 fully saturated rings. The van der Waals surface area contributed by atoms with Crippen molar-refractivity contribution >= 4 is 29.5 Å². The van der Waals surface area contributed by atoms with Crippen LogP contribution in [0.2, 0.25) is 0 Å². The summed E-state index contributed by atoms with van der Waals surface area (Å²) in [6.07, 6.45) is 1.75. The van der Waals surface area contributed by atoms with E-state index in [1.54, 1.807) is 34.7 Å². The molecule has 9 heteroatoms. The number of rotatable bonds is 8. The van der Waals surface area contributed by atoms with Gasteiger partial charge in [0.25, 0.3) is 0 Å². The van der Waals surface area contributed by atoms with Gasteiger partial charge in [-0.15, -0.1) is 0 Å². The molecule has 2 aromatic rings. The van der Waals surface area contributed by atoms with Crippen LogP contribution in [0.25, 0.3) is 11.1 Å². The van der Waals surface area contributed by atoms with E-state index in [1.165, 1.54) is 11.8 Å². The monoisotopic (exact) mass is 633 g/mol. The number of carbonyl (C=O) groups excluding carboxylic acids is 5. The molecule has 4 bridgehead atoms. The van der Waals surface area contributed by atoms with Crippen LogP contribution in [-0.4, -0.2) is 59.6 Å².